The van der Waals surface area contributed by atoms with Gasteiger partial charge in [0.25, 0.3) is 0 Å². The fraction of sp³-hybridized carbons (Fsp3) is 0.895. The molecule has 0 spiro atoms. The molecule has 2 fully saturated rings. The van der Waals surface area contributed by atoms with Crippen molar-refractivity contribution < 1.29 is 9.53 Å². The number of amides is 1. The lowest BCUT2D eigenvalue weighted by atomic mass is 9.95. The molecule has 0 aromatic heterocycles. The molecule has 26 heavy (non-hydrogen) atoms. The van der Waals surface area contributed by atoms with E-state index >= 15 is 0 Å². The normalized spacial score (nSPS) is 20.0. The number of hydrogen-bond acceptors (Lipinski definition) is 3. The van der Waals surface area contributed by atoms with Gasteiger partial charge in [0.05, 0.1) is 19.3 Å². The molecule has 2 rings (SSSR count). The van der Waals surface area contributed by atoms with E-state index in [-0.39, 0.29) is 36.4 Å². The van der Waals surface area contributed by atoms with E-state index in [4.69, 9.17) is 4.74 Å². The molecule has 0 aromatic rings. The first-order chi connectivity index (χ1) is 12.3. The lowest BCUT2D eigenvalue weighted by molar-refractivity contribution is -0.120. The third kappa shape index (κ3) is 9.94. The number of rotatable bonds is 7. The monoisotopic (exact) mass is 480 g/mol. The fourth-order valence-corrected chi connectivity index (χ4v) is 3.71. The highest BCUT2D eigenvalue weighted by Crippen LogP contribution is 2.19. The van der Waals surface area contributed by atoms with Gasteiger partial charge in [-0.25, -0.2) is 0 Å². The zero-order valence-electron chi connectivity index (χ0n) is 16.2. The Hall–Kier alpha value is -0.570. The molecule has 3 N–H and O–H groups in total. The lowest BCUT2D eigenvalue weighted by Gasteiger charge is -2.23. The molecule has 2 aliphatic rings. The van der Waals surface area contributed by atoms with Gasteiger partial charge >= 0.3 is 0 Å². The van der Waals surface area contributed by atoms with Crippen molar-refractivity contribution in [3.8, 4) is 0 Å². The predicted octanol–water partition coefficient (Wildman–Crippen LogP) is 2.96. The second-order valence-electron chi connectivity index (χ2n) is 7.24. The molecule has 2 aliphatic carbocycles. The van der Waals surface area contributed by atoms with Crippen molar-refractivity contribution in [2.24, 2.45) is 4.99 Å². The summed E-state index contributed by atoms with van der Waals surface area (Å²) in [6, 6.07) is 0.353. The Bertz CT molecular complexity index is 406. The minimum Gasteiger partial charge on any atom is -0.376 e. The number of nitrogens with zero attached hydrogens (tertiary/aromatic N) is 1. The summed E-state index contributed by atoms with van der Waals surface area (Å²) in [6.07, 6.45) is 14.0. The van der Waals surface area contributed by atoms with Gasteiger partial charge in [0.15, 0.2) is 5.96 Å². The van der Waals surface area contributed by atoms with E-state index in [2.05, 4.69) is 20.9 Å². The third-order valence-electron chi connectivity index (χ3n) is 5.16. The molecule has 0 radical (unpaired) electrons. The number of hydrogen-bond donors (Lipinski definition) is 3. The van der Waals surface area contributed by atoms with Crippen LogP contribution in [0.1, 0.15) is 70.6 Å². The maximum Gasteiger partial charge on any atom is 0.239 e. The SMILES string of the molecule is CN=C(NCCOC1CCCCCC1)NCC(=O)NC1CCCCC1.I. The molecular formula is C19H37IN4O2. The van der Waals surface area contributed by atoms with E-state index in [0.717, 1.165) is 12.8 Å². The Morgan fingerprint density at radius 3 is 2.23 bits per heavy atom. The van der Waals surface area contributed by atoms with Crippen LogP contribution in [0.5, 0.6) is 0 Å². The zero-order valence-corrected chi connectivity index (χ0v) is 18.6. The number of halogens is 1. The van der Waals surface area contributed by atoms with E-state index in [1.165, 1.54) is 57.8 Å². The third-order valence-corrected chi connectivity index (χ3v) is 5.16. The molecule has 152 valence electrons. The maximum atomic E-state index is 12.0. The molecule has 1 amide bonds. The number of carbonyl (C=O) groups is 1. The van der Waals surface area contributed by atoms with Gasteiger partial charge in [0.1, 0.15) is 0 Å². The highest BCUT2D eigenvalue weighted by Gasteiger charge is 2.15. The van der Waals surface area contributed by atoms with Gasteiger partial charge in [-0.3, -0.25) is 9.79 Å². The predicted molar refractivity (Wildman–Crippen MR) is 117 cm³/mol. The van der Waals surface area contributed by atoms with E-state index in [0.29, 0.717) is 31.3 Å². The van der Waals surface area contributed by atoms with Crippen LogP contribution in [-0.2, 0) is 9.53 Å². The summed E-state index contributed by atoms with van der Waals surface area (Å²) in [6.45, 7) is 1.65. The zero-order chi connectivity index (χ0) is 17.7. The smallest absolute Gasteiger partial charge is 0.239 e. The Kier molecular flexibility index (Phi) is 13.1. The van der Waals surface area contributed by atoms with Crippen LogP contribution < -0.4 is 16.0 Å². The van der Waals surface area contributed by atoms with E-state index in [1.807, 2.05) is 0 Å². The van der Waals surface area contributed by atoms with Crippen LogP contribution in [0.4, 0.5) is 0 Å². The first-order valence-corrected chi connectivity index (χ1v) is 10.1. The standard InChI is InChI=1S/C19H36N4O2.HI/c1-20-19(21-13-14-25-17-11-7-2-3-8-12-17)22-15-18(24)23-16-9-5-4-6-10-16;/h16-17H,2-15H2,1H3,(H,23,24)(H2,20,21,22);1H. The van der Waals surface area contributed by atoms with Crippen molar-refractivity contribution in [1.82, 2.24) is 16.0 Å². The largest absolute Gasteiger partial charge is 0.376 e. The van der Waals surface area contributed by atoms with Gasteiger partial charge in [-0.1, -0.05) is 44.9 Å². The van der Waals surface area contributed by atoms with Crippen molar-refractivity contribution in [2.75, 3.05) is 26.7 Å². The topological polar surface area (TPSA) is 74.8 Å². The number of carbonyl (C=O) groups excluding carboxylic acids is 1. The Morgan fingerprint density at radius 2 is 1.58 bits per heavy atom. The van der Waals surface area contributed by atoms with Crippen LogP contribution in [0.3, 0.4) is 0 Å². The lowest BCUT2D eigenvalue weighted by Crippen LogP contribution is -2.46. The molecule has 0 aliphatic heterocycles. The first kappa shape index (κ1) is 23.5. The summed E-state index contributed by atoms with van der Waals surface area (Å²) in [5, 5.41) is 9.40. The molecule has 0 aromatic carbocycles. The second kappa shape index (κ2) is 14.5. The minimum absolute atomic E-state index is 0. The Labute approximate surface area is 175 Å². The Balaban J connectivity index is 0.00000338. The van der Waals surface area contributed by atoms with E-state index in [1.54, 1.807) is 7.05 Å². The summed E-state index contributed by atoms with van der Waals surface area (Å²) in [4.78, 5) is 16.2. The van der Waals surface area contributed by atoms with Crippen molar-refractivity contribution in [2.45, 2.75) is 82.8 Å². The van der Waals surface area contributed by atoms with Crippen LogP contribution in [0.25, 0.3) is 0 Å². The van der Waals surface area contributed by atoms with Gasteiger partial charge in [-0.2, -0.15) is 0 Å². The van der Waals surface area contributed by atoms with E-state index in [9.17, 15) is 4.79 Å². The maximum absolute atomic E-state index is 12.0. The quantitative estimate of drug-likeness (QED) is 0.172. The highest BCUT2D eigenvalue weighted by atomic mass is 127. The summed E-state index contributed by atoms with van der Waals surface area (Å²) in [5.41, 5.74) is 0. The minimum atomic E-state index is 0. The summed E-state index contributed by atoms with van der Waals surface area (Å²) in [5.74, 6) is 0.702. The molecule has 7 heteroatoms. The van der Waals surface area contributed by atoms with Gasteiger partial charge in [-0.15, -0.1) is 24.0 Å². The average Bonchev–Trinajstić information content (AvgIpc) is 2.91. The summed E-state index contributed by atoms with van der Waals surface area (Å²) < 4.78 is 5.96. The van der Waals surface area contributed by atoms with Crippen LogP contribution in [-0.4, -0.2) is 50.8 Å². The van der Waals surface area contributed by atoms with Crippen molar-refractivity contribution in [3.63, 3.8) is 0 Å². The molecular weight excluding hydrogens is 443 g/mol. The van der Waals surface area contributed by atoms with Gasteiger partial charge in [0, 0.05) is 19.6 Å². The highest BCUT2D eigenvalue weighted by molar-refractivity contribution is 14.0. The van der Waals surface area contributed by atoms with Crippen LogP contribution in [0.2, 0.25) is 0 Å². The number of ether oxygens (including phenoxy) is 1. The van der Waals surface area contributed by atoms with Gasteiger partial charge < -0.3 is 20.7 Å². The van der Waals surface area contributed by atoms with Crippen molar-refractivity contribution in [1.29, 1.82) is 0 Å². The fourth-order valence-electron chi connectivity index (χ4n) is 3.71. The molecule has 0 heterocycles. The summed E-state index contributed by atoms with van der Waals surface area (Å²) in [7, 11) is 1.72. The van der Waals surface area contributed by atoms with E-state index < -0.39 is 0 Å². The van der Waals surface area contributed by atoms with Crippen molar-refractivity contribution in [3.05, 3.63) is 0 Å². The van der Waals surface area contributed by atoms with Crippen LogP contribution in [0.15, 0.2) is 4.99 Å². The van der Waals surface area contributed by atoms with Gasteiger partial charge in [0.2, 0.25) is 5.91 Å². The molecule has 0 bridgehead atoms. The average molecular weight is 480 g/mol. The summed E-state index contributed by atoms with van der Waals surface area (Å²) >= 11 is 0. The number of guanidine groups is 1. The molecule has 0 atom stereocenters. The molecule has 2 saturated carbocycles. The van der Waals surface area contributed by atoms with Gasteiger partial charge in [-0.05, 0) is 25.7 Å². The van der Waals surface area contributed by atoms with Crippen LogP contribution in [0, 0.1) is 0 Å². The number of nitrogens with one attached hydrogen (secondary N) is 3. The van der Waals surface area contributed by atoms with Crippen LogP contribution >= 0.6 is 24.0 Å². The molecule has 0 unspecified atom stereocenters. The van der Waals surface area contributed by atoms with Crippen molar-refractivity contribution >= 4 is 35.8 Å². The molecule has 0 saturated heterocycles. The number of aliphatic imine (C=N–C) groups is 1. The molecule has 6 nitrogen and oxygen atoms in total. The Morgan fingerprint density at radius 1 is 0.962 bits per heavy atom. The first-order valence-electron chi connectivity index (χ1n) is 10.1. The second-order valence-corrected chi connectivity index (χ2v) is 7.24.